The van der Waals surface area contributed by atoms with Crippen molar-refractivity contribution >= 4 is 5.91 Å². The van der Waals surface area contributed by atoms with E-state index in [-0.39, 0.29) is 11.4 Å². The van der Waals surface area contributed by atoms with Crippen LogP contribution in [0.3, 0.4) is 0 Å². The minimum atomic E-state index is -0.0361. The molecule has 0 saturated carbocycles. The van der Waals surface area contributed by atoms with Crippen LogP contribution in [0.1, 0.15) is 49.3 Å². The molecule has 0 atom stereocenters. The lowest BCUT2D eigenvalue weighted by molar-refractivity contribution is 0.0732. The Hall–Kier alpha value is -2.30. The van der Waals surface area contributed by atoms with Gasteiger partial charge in [-0.3, -0.25) is 9.48 Å². The van der Waals surface area contributed by atoms with Gasteiger partial charge in [0, 0.05) is 36.3 Å². The number of fused-ring (bicyclic) bond motifs is 1. The first-order valence-electron chi connectivity index (χ1n) is 8.48. The molecule has 1 aliphatic rings. The van der Waals surface area contributed by atoms with Crippen molar-refractivity contribution in [1.82, 2.24) is 14.7 Å². The van der Waals surface area contributed by atoms with E-state index in [2.05, 4.69) is 30.6 Å². The summed E-state index contributed by atoms with van der Waals surface area (Å²) in [5.74, 6) is 0.785. The van der Waals surface area contributed by atoms with Crippen LogP contribution in [0, 0.1) is 0 Å². The zero-order valence-corrected chi connectivity index (χ0v) is 14.9. The highest BCUT2D eigenvalue weighted by atomic mass is 16.5. The minimum Gasteiger partial charge on any atom is -0.494 e. The van der Waals surface area contributed by atoms with E-state index < -0.39 is 0 Å². The molecule has 1 aromatic carbocycles. The van der Waals surface area contributed by atoms with E-state index >= 15 is 0 Å². The first-order valence-corrected chi connectivity index (χ1v) is 8.48. The number of carbonyl (C=O) groups excluding carboxylic acids is 1. The first kappa shape index (κ1) is 16.6. The van der Waals surface area contributed by atoms with Crippen LogP contribution in [0.4, 0.5) is 0 Å². The van der Waals surface area contributed by atoms with E-state index in [4.69, 9.17) is 4.74 Å². The van der Waals surface area contributed by atoms with Crippen molar-refractivity contribution in [3.05, 3.63) is 47.3 Å². The van der Waals surface area contributed by atoms with Crippen LogP contribution in [0.15, 0.2) is 30.5 Å². The minimum absolute atomic E-state index is 0.0361. The predicted molar refractivity (Wildman–Crippen MR) is 93.3 cm³/mol. The van der Waals surface area contributed by atoms with Gasteiger partial charge < -0.3 is 9.64 Å². The number of hydrogen-bond acceptors (Lipinski definition) is 3. The van der Waals surface area contributed by atoms with Crippen molar-refractivity contribution in [1.29, 1.82) is 0 Å². The molecule has 1 aromatic heterocycles. The molecule has 5 nitrogen and oxygen atoms in total. The van der Waals surface area contributed by atoms with Gasteiger partial charge in [-0.2, -0.15) is 5.10 Å². The highest BCUT2D eigenvalue weighted by molar-refractivity contribution is 5.94. The van der Waals surface area contributed by atoms with Crippen molar-refractivity contribution in [3.8, 4) is 5.75 Å². The Morgan fingerprint density at radius 3 is 2.83 bits per heavy atom. The molecule has 3 rings (SSSR count). The molecule has 0 radical (unpaired) electrons. The molecule has 2 heterocycles. The van der Waals surface area contributed by atoms with Crippen molar-refractivity contribution in [2.45, 2.75) is 46.2 Å². The Balaban J connectivity index is 1.79. The quantitative estimate of drug-likeness (QED) is 0.869. The Bertz CT molecular complexity index is 743. The second kappa shape index (κ2) is 6.30. The number of aromatic nitrogens is 2. The fourth-order valence-electron chi connectivity index (χ4n) is 3.15. The lowest BCUT2D eigenvalue weighted by Gasteiger charge is -2.30. The highest BCUT2D eigenvalue weighted by Crippen LogP contribution is 2.25. The second-order valence-electron chi connectivity index (χ2n) is 7.14. The first-order chi connectivity index (χ1) is 11.4. The highest BCUT2D eigenvalue weighted by Gasteiger charge is 2.28. The van der Waals surface area contributed by atoms with Crippen LogP contribution in [0.25, 0.3) is 0 Å². The smallest absolute Gasteiger partial charge is 0.254 e. The fraction of sp³-hybridized carbons (Fsp3) is 0.474. The van der Waals surface area contributed by atoms with Gasteiger partial charge in [0.25, 0.3) is 5.91 Å². The molecule has 1 amide bonds. The van der Waals surface area contributed by atoms with E-state index in [1.54, 1.807) is 0 Å². The summed E-state index contributed by atoms with van der Waals surface area (Å²) in [4.78, 5) is 14.7. The third-order valence-corrected chi connectivity index (χ3v) is 4.25. The number of hydrogen-bond donors (Lipinski definition) is 0. The number of rotatable bonds is 3. The van der Waals surface area contributed by atoms with Gasteiger partial charge in [-0.15, -0.1) is 0 Å². The number of benzene rings is 1. The summed E-state index contributed by atoms with van der Waals surface area (Å²) < 4.78 is 7.58. The van der Waals surface area contributed by atoms with Crippen LogP contribution in [-0.2, 0) is 18.5 Å². The molecule has 1 aliphatic heterocycles. The fourth-order valence-corrected chi connectivity index (χ4v) is 3.15. The van der Waals surface area contributed by atoms with Gasteiger partial charge >= 0.3 is 0 Å². The summed E-state index contributed by atoms with van der Waals surface area (Å²) in [5.41, 5.74) is 3.03. The number of ether oxygens (including phenoxy) is 1. The third-order valence-electron chi connectivity index (χ3n) is 4.25. The van der Waals surface area contributed by atoms with Crippen LogP contribution in [-0.4, -0.2) is 33.7 Å². The molecule has 2 aromatic rings. The Morgan fingerprint density at radius 2 is 2.12 bits per heavy atom. The molecule has 0 unspecified atom stereocenters. The van der Waals surface area contributed by atoms with Gasteiger partial charge in [-0.1, -0.05) is 6.07 Å². The maximum absolute atomic E-state index is 12.8. The lowest BCUT2D eigenvalue weighted by Crippen LogP contribution is -2.37. The number of amides is 1. The van der Waals surface area contributed by atoms with Crippen LogP contribution >= 0.6 is 0 Å². The number of carbonyl (C=O) groups is 1. The van der Waals surface area contributed by atoms with Gasteiger partial charge in [0.1, 0.15) is 5.75 Å². The van der Waals surface area contributed by atoms with Crippen LogP contribution in [0.2, 0.25) is 0 Å². The predicted octanol–water partition coefficient (Wildman–Crippen LogP) is 3.24. The largest absolute Gasteiger partial charge is 0.494 e. The van der Waals surface area contributed by atoms with Crippen molar-refractivity contribution in [2.24, 2.45) is 0 Å². The van der Waals surface area contributed by atoms with E-state index in [9.17, 15) is 4.79 Å². The molecule has 0 aliphatic carbocycles. The van der Waals surface area contributed by atoms with Gasteiger partial charge in [-0.05, 0) is 45.9 Å². The summed E-state index contributed by atoms with van der Waals surface area (Å²) in [7, 11) is 0. The average molecular weight is 327 g/mol. The third kappa shape index (κ3) is 3.16. The second-order valence-corrected chi connectivity index (χ2v) is 7.14. The maximum atomic E-state index is 12.8. The van der Waals surface area contributed by atoms with Gasteiger partial charge in [0.2, 0.25) is 0 Å². The zero-order valence-electron chi connectivity index (χ0n) is 14.9. The summed E-state index contributed by atoms with van der Waals surface area (Å²) in [6.45, 7) is 10.3. The zero-order chi connectivity index (χ0) is 17.3. The van der Waals surface area contributed by atoms with E-state index in [1.165, 1.54) is 5.69 Å². The molecule has 24 heavy (non-hydrogen) atoms. The van der Waals surface area contributed by atoms with E-state index in [1.807, 2.05) is 42.3 Å². The van der Waals surface area contributed by atoms with Gasteiger partial charge in [-0.25, -0.2) is 0 Å². The standard InChI is InChI=1S/C19H25N3O2/c1-5-24-16-8-6-7-14(11-16)18(23)21-10-9-17-15(13-21)12-20-22(17)19(2,3)4/h6-8,11-12H,5,9-10,13H2,1-4H3. The van der Waals surface area contributed by atoms with Gasteiger partial charge in [0.05, 0.1) is 18.3 Å². The summed E-state index contributed by atoms with van der Waals surface area (Å²) in [5, 5.41) is 4.53. The number of nitrogens with zero attached hydrogens (tertiary/aromatic N) is 3. The monoisotopic (exact) mass is 327 g/mol. The normalized spacial score (nSPS) is 14.4. The lowest BCUT2D eigenvalue weighted by atomic mass is 10.0. The summed E-state index contributed by atoms with van der Waals surface area (Å²) in [6.07, 6.45) is 2.74. The molecule has 0 N–H and O–H groups in total. The summed E-state index contributed by atoms with van der Waals surface area (Å²) in [6, 6.07) is 7.41. The van der Waals surface area contributed by atoms with Crippen LogP contribution in [0.5, 0.6) is 5.75 Å². The van der Waals surface area contributed by atoms with Gasteiger partial charge in [0.15, 0.2) is 0 Å². The molecule has 0 spiro atoms. The Kier molecular flexibility index (Phi) is 4.35. The molecular formula is C19H25N3O2. The summed E-state index contributed by atoms with van der Waals surface area (Å²) >= 11 is 0. The van der Waals surface area contributed by atoms with E-state index in [0.29, 0.717) is 25.3 Å². The van der Waals surface area contributed by atoms with E-state index in [0.717, 1.165) is 17.7 Å². The Labute approximate surface area is 143 Å². The molecule has 0 saturated heterocycles. The van der Waals surface area contributed by atoms with Crippen LogP contribution < -0.4 is 4.74 Å². The molecule has 5 heteroatoms. The SMILES string of the molecule is CCOc1cccc(C(=O)N2CCc3c(cnn3C(C)(C)C)C2)c1. The molecule has 0 fully saturated rings. The van der Waals surface area contributed by atoms with Crippen molar-refractivity contribution < 1.29 is 9.53 Å². The molecule has 128 valence electrons. The topological polar surface area (TPSA) is 47.4 Å². The van der Waals surface area contributed by atoms with Crippen molar-refractivity contribution in [3.63, 3.8) is 0 Å². The Morgan fingerprint density at radius 1 is 1.33 bits per heavy atom. The maximum Gasteiger partial charge on any atom is 0.254 e. The van der Waals surface area contributed by atoms with Crippen molar-refractivity contribution in [2.75, 3.05) is 13.2 Å². The average Bonchev–Trinajstić information content (AvgIpc) is 2.98. The molecule has 0 bridgehead atoms. The molecular weight excluding hydrogens is 302 g/mol.